The summed E-state index contributed by atoms with van der Waals surface area (Å²) in [5, 5.41) is 8.93. The molecule has 1 aromatic heterocycles. The molecule has 0 spiro atoms. The molecule has 0 aliphatic rings. The van der Waals surface area contributed by atoms with Crippen molar-refractivity contribution in [3.63, 3.8) is 0 Å². The van der Waals surface area contributed by atoms with Gasteiger partial charge >= 0.3 is 0 Å². The van der Waals surface area contributed by atoms with Gasteiger partial charge in [-0.1, -0.05) is 44.2 Å². The van der Waals surface area contributed by atoms with Crippen LogP contribution in [0.15, 0.2) is 46.8 Å². The zero-order chi connectivity index (χ0) is 18.1. The lowest BCUT2D eigenvalue weighted by atomic mass is 9.91. The standard InChI is InChI=1S/C20H29N3OS/c1-5-24-14-17-10-8-16(9-11-17)13-22-19(21-4)23-15-20(2,3)18-7-6-12-25-18/h6-12H,5,13-15H2,1-4H3,(H2,21,22,23). The lowest BCUT2D eigenvalue weighted by Gasteiger charge is -2.25. The summed E-state index contributed by atoms with van der Waals surface area (Å²) in [5.74, 6) is 0.822. The Morgan fingerprint density at radius 1 is 1.12 bits per heavy atom. The van der Waals surface area contributed by atoms with Crippen molar-refractivity contribution in [3.05, 3.63) is 57.8 Å². The summed E-state index contributed by atoms with van der Waals surface area (Å²) in [7, 11) is 1.80. The molecule has 0 saturated carbocycles. The first-order valence-corrected chi connectivity index (χ1v) is 9.57. The van der Waals surface area contributed by atoms with Gasteiger partial charge in [0.1, 0.15) is 0 Å². The molecule has 4 nitrogen and oxygen atoms in total. The van der Waals surface area contributed by atoms with Gasteiger partial charge in [-0.25, -0.2) is 0 Å². The first-order valence-electron chi connectivity index (χ1n) is 8.69. The van der Waals surface area contributed by atoms with Gasteiger partial charge in [-0.2, -0.15) is 0 Å². The molecule has 2 rings (SSSR count). The third kappa shape index (κ3) is 6.18. The van der Waals surface area contributed by atoms with Gasteiger partial charge in [-0.15, -0.1) is 11.3 Å². The summed E-state index contributed by atoms with van der Waals surface area (Å²) >= 11 is 1.80. The third-order valence-electron chi connectivity index (χ3n) is 4.07. The Kier molecular flexibility index (Phi) is 7.47. The van der Waals surface area contributed by atoms with Crippen molar-refractivity contribution in [1.29, 1.82) is 0 Å². The van der Waals surface area contributed by atoms with Crippen LogP contribution in [0.25, 0.3) is 0 Å². The molecule has 0 radical (unpaired) electrons. The van der Waals surface area contributed by atoms with Crippen molar-refractivity contribution in [2.45, 2.75) is 39.3 Å². The predicted octanol–water partition coefficient (Wildman–Crippen LogP) is 3.93. The number of nitrogens with zero attached hydrogens (tertiary/aromatic N) is 1. The van der Waals surface area contributed by atoms with E-state index in [0.717, 1.165) is 25.7 Å². The van der Waals surface area contributed by atoms with Gasteiger partial charge < -0.3 is 15.4 Å². The number of benzene rings is 1. The van der Waals surface area contributed by atoms with E-state index in [4.69, 9.17) is 4.74 Å². The molecule has 2 N–H and O–H groups in total. The molecule has 0 aliphatic heterocycles. The average molecular weight is 360 g/mol. The lowest BCUT2D eigenvalue weighted by Crippen LogP contribution is -2.42. The summed E-state index contributed by atoms with van der Waals surface area (Å²) in [6.07, 6.45) is 0. The topological polar surface area (TPSA) is 45.6 Å². The first kappa shape index (κ1) is 19.5. The van der Waals surface area contributed by atoms with Gasteiger partial charge in [-0.05, 0) is 29.5 Å². The van der Waals surface area contributed by atoms with Crippen molar-refractivity contribution in [1.82, 2.24) is 10.6 Å². The highest BCUT2D eigenvalue weighted by molar-refractivity contribution is 7.10. The molecule has 0 amide bonds. The minimum Gasteiger partial charge on any atom is -0.377 e. The fourth-order valence-corrected chi connectivity index (χ4v) is 3.29. The number of guanidine groups is 1. The van der Waals surface area contributed by atoms with Crippen LogP contribution in [0.2, 0.25) is 0 Å². The van der Waals surface area contributed by atoms with E-state index in [1.807, 2.05) is 6.92 Å². The van der Waals surface area contributed by atoms with Crippen molar-refractivity contribution < 1.29 is 4.74 Å². The van der Waals surface area contributed by atoms with Gasteiger partial charge in [0.05, 0.1) is 6.61 Å². The van der Waals surface area contributed by atoms with Gasteiger partial charge in [0, 0.05) is 37.0 Å². The quantitative estimate of drug-likeness (QED) is 0.554. The van der Waals surface area contributed by atoms with Crippen LogP contribution < -0.4 is 10.6 Å². The molecule has 0 bridgehead atoms. The van der Waals surface area contributed by atoms with Crippen molar-refractivity contribution >= 4 is 17.3 Å². The summed E-state index contributed by atoms with van der Waals surface area (Å²) in [6.45, 7) is 9.50. The van der Waals surface area contributed by atoms with Crippen LogP contribution in [0.4, 0.5) is 0 Å². The Hall–Kier alpha value is -1.85. The zero-order valence-electron chi connectivity index (χ0n) is 15.6. The van der Waals surface area contributed by atoms with E-state index in [2.05, 4.69) is 71.3 Å². The maximum absolute atomic E-state index is 5.43. The monoisotopic (exact) mass is 359 g/mol. The molecule has 2 aromatic rings. The second kappa shape index (κ2) is 9.59. The molecule has 0 saturated heterocycles. The van der Waals surface area contributed by atoms with E-state index in [1.54, 1.807) is 18.4 Å². The van der Waals surface area contributed by atoms with Gasteiger partial charge in [0.2, 0.25) is 0 Å². The van der Waals surface area contributed by atoms with Gasteiger partial charge in [-0.3, -0.25) is 4.99 Å². The third-order valence-corrected chi connectivity index (χ3v) is 5.30. The van der Waals surface area contributed by atoms with Crippen LogP contribution in [0.3, 0.4) is 0 Å². The maximum atomic E-state index is 5.43. The number of aliphatic imine (C=N–C) groups is 1. The molecular formula is C20H29N3OS. The Balaban J connectivity index is 1.82. The Bertz CT molecular complexity index is 648. The lowest BCUT2D eigenvalue weighted by molar-refractivity contribution is 0.134. The molecule has 1 aromatic carbocycles. The molecule has 5 heteroatoms. The van der Waals surface area contributed by atoms with E-state index < -0.39 is 0 Å². The number of rotatable bonds is 8. The largest absolute Gasteiger partial charge is 0.377 e. The number of hydrogen-bond acceptors (Lipinski definition) is 3. The smallest absolute Gasteiger partial charge is 0.191 e. The predicted molar refractivity (Wildman–Crippen MR) is 107 cm³/mol. The van der Waals surface area contributed by atoms with Crippen LogP contribution >= 0.6 is 11.3 Å². The molecule has 1 heterocycles. The highest BCUT2D eigenvalue weighted by Gasteiger charge is 2.21. The van der Waals surface area contributed by atoms with Crippen LogP contribution in [-0.4, -0.2) is 26.2 Å². The van der Waals surface area contributed by atoms with Crippen molar-refractivity contribution in [2.75, 3.05) is 20.2 Å². The normalized spacial score (nSPS) is 12.2. The van der Waals surface area contributed by atoms with E-state index >= 15 is 0 Å². The van der Waals surface area contributed by atoms with Gasteiger partial charge in [0.25, 0.3) is 0 Å². The Morgan fingerprint density at radius 2 is 1.84 bits per heavy atom. The van der Waals surface area contributed by atoms with Crippen molar-refractivity contribution in [2.24, 2.45) is 4.99 Å². The summed E-state index contributed by atoms with van der Waals surface area (Å²) in [6, 6.07) is 12.8. The Morgan fingerprint density at radius 3 is 2.44 bits per heavy atom. The second-order valence-electron chi connectivity index (χ2n) is 6.59. The fraction of sp³-hybridized carbons (Fsp3) is 0.450. The average Bonchev–Trinajstić information content (AvgIpc) is 3.16. The molecule has 0 fully saturated rings. The molecule has 0 atom stereocenters. The number of nitrogens with one attached hydrogen (secondary N) is 2. The zero-order valence-corrected chi connectivity index (χ0v) is 16.5. The van der Waals surface area contributed by atoms with E-state index in [9.17, 15) is 0 Å². The van der Waals surface area contributed by atoms with Crippen LogP contribution in [0.5, 0.6) is 0 Å². The van der Waals surface area contributed by atoms with Crippen molar-refractivity contribution in [3.8, 4) is 0 Å². The summed E-state index contributed by atoms with van der Waals surface area (Å²) < 4.78 is 5.43. The molecule has 25 heavy (non-hydrogen) atoms. The SMILES string of the molecule is CCOCc1ccc(CNC(=NC)NCC(C)(C)c2cccs2)cc1. The first-order chi connectivity index (χ1) is 12.0. The highest BCUT2D eigenvalue weighted by Crippen LogP contribution is 2.26. The molecule has 0 unspecified atom stereocenters. The minimum absolute atomic E-state index is 0.0761. The van der Waals surface area contributed by atoms with E-state index in [0.29, 0.717) is 6.61 Å². The highest BCUT2D eigenvalue weighted by atomic mass is 32.1. The summed E-state index contributed by atoms with van der Waals surface area (Å²) in [5.41, 5.74) is 2.50. The molecule has 0 aliphatic carbocycles. The van der Waals surface area contributed by atoms with Crippen LogP contribution in [0, 0.1) is 0 Å². The number of ether oxygens (including phenoxy) is 1. The molecular weight excluding hydrogens is 330 g/mol. The molecule has 136 valence electrons. The summed E-state index contributed by atoms with van der Waals surface area (Å²) in [4.78, 5) is 5.70. The van der Waals surface area contributed by atoms with Gasteiger partial charge in [0.15, 0.2) is 5.96 Å². The maximum Gasteiger partial charge on any atom is 0.191 e. The number of hydrogen-bond donors (Lipinski definition) is 2. The van der Waals surface area contributed by atoms with Crippen LogP contribution in [0.1, 0.15) is 36.8 Å². The minimum atomic E-state index is 0.0761. The second-order valence-corrected chi connectivity index (χ2v) is 7.54. The number of thiophene rings is 1. The van der Waals surface area contributed by atoms with Crippen LogP contribution in [-0.2, 0) is 23.3 Å². The Labute approximate surface area is 155 Å². The van der Waals surface area contributed by atoms with E-state index in [1.165, 1.54) is 16.0 Å². The van der Waals surface area contributed by atoms with E-state index in [-0.39, 0.29) is 5.41 Å². The fourth-order valence-electron chi connectivity index (χ4n) is 2.44.